The summed E-state index contributed by atoms with van der Waals surface area (Å²) in [5.41, 5.74) is 1.92. The minimum atomic E-state index is -1.20. The second kappa shape index (κ2) is 14.8. The van der Waals surface area contributed by atoms with Crippen molar-refractivity contribution in [2.24, 2.45) is 5.92 Å². The largest absolute Gasteiger partial charge is 0.388 e. The van der Waals surface area contributed by atoms with Crippen molar-refractivity contribution in [1.82, 2.24) is 35.7 Å². The van der Waals surface area contributed by atoms with Crippen LogP contribution in [-0.4, -0.2) is 117 Å². The zero-order chi connectivity index (χ0) is 34.7. The van der Waals surface area contributed by atoms with Gasteiger partial charge in [0.1, 0.15) is 42.6 Å². The van der Waals surface area contributed by atoms with Crippen molar-refractivity contribution < 1.29 is 33.8 Å². The lowest BCUT2D eigenvalue weighted by molar-refractivity contribution is -0.142. The van der Waals surface area contributed by atoms with Crippen molar-refractivity contribution in [3.8, 4) is 0 Å². The molecule has 0 aliphatic carbocycles. The van der Waals surface area contributed by atoms with Crippen LogP contribution < -0.4 is 16.0 Å². The highest BCUT2D eigenvalue weighted by Gasteiger charge is 2.41. The number of nitrogens with one attached hydrogen (secondary N) is 5. The highest BCUT2D eigenvalue weighted by molar-refractivity contribution is 5.97. The molecule has 0 saturated carbocycles. The van der Waals surface area contributed by atoms with Gasteiger partial charge in [-0.15, -0.1) is 0 Å². The number of amides is 5. The highest BCUT2D eigenvalue weighted by Crippen LogP contribution is 2.24. The fourth-order valence-electron chi connectivity index (χ4n) is 7.15. The molecule has 5 amide bonds. The Morgan fingerprint density at radius 2 is 1.80 bits per heavy atom. The average molecular weight is 676 g/mol. The quantitative estimate of drug-likeness (QED) is 0.231. The Morgan fingerprint density at radius 1 is 0.980 bits per heavy atom. The number of benzene rings is 1. The molecule has 6 N–H and O–H groups in total. The van der Waals surface area contributed by atoms with Gasteiger partial charge in [0.25, 0.3) is 5.91 Å². The molecule has 6 atom stereocenters. The van der Waals surface area contributed by atoms with Gasteiger partial charge in [0.15, 0.2) is 0 Å². The summed E-state index contributed by atoms with van der Waals surface area (Å²) in [6.45, 7) is 3.81. The molecular formula is C35H45N7O7. The van der Waals surface area contributed by atoms with Gasteiger partial charge in [-0.1, -0.05) is 32.0 Å². The monoisotopic (exact) mass is 675 g/mol. The Bertz CT molecular complexity index is 1670. The molecule has 3 aromatic rings. The van der Waals surface area contributed by atoms with Crippen molar-refractivity contribution in [2.75, 3.05) is 26.2 Å². The van der Waals surface area contributed by atoms with Crippen molar-refractivity contribution in [3.05, 3.63) is 60.0 Å². The maximum atomic E-state index is 14.3. The SMILES string of the molecule is CC(C)C[C@H]1NC(=O)[C@H]2CCCN2C(=O)[C@@H](Cc2c[nH]c3ccccc23)NC(=O)CN(C(=O)c2ccc[nH]2)C[C@H]2OCC[C@H](NC1=O)[C@@H]2O. The van der Waals surface area contributed by atoms with Crippen LogP contribution >= 0.6 is 0 Å². The maximum absolute atomic E-state index is 14.3. The number of para-hydroxylation sites is 1. The van der Waals surface area contributed by atoms with E-state index in [-0.39, 0.29) is 31.2 Å². The smallest absolute Gasteiger partial charge is 0.270 e. The molecule has 3 aliphatic heterocycles. The minimum absolute atomic E-state index is 0.0576. The standard InChI is InChI=1S/C35H45N7O7/c1-20(2)15-26-32(45)39-24-11-14-49-29(31(24)44)18-41(34(47)25-9-5-12-36-25)19-30(43)38-27(16-21-17-37-23-8-4-3-7-22(21)23)35(48)42-13-6-10-28(42)33(46)40-26/h3-5,7-9,12,17,20,24,26-29,31,36-37,44H,6,10-11,13-16,18-19H2,1-2H3,(H,38,43)(H,39,45)(H,40,46)/t24-,26+,27+,28+,29+,31-/m0/s1. The van der Waals surface area contributed by atoms with E-state index in [1.807, 2.05) is 38.1 Å². The molecule has 2 aromatic heterocycles. The molecule has 1 aromatic carbocycles. The summed E-state index contributed by atoms with van der Waals surface area (Å²) < 4.78 is 5.89. The molecule has 3 saturated heterocycles. The van der Waals surface area contributed by atoms with E-state index >= 15 is 0 Å². The molecule has 0 radical (unpaired) electrons. The van der Waals surface area contributed by atoms with Crippen LogP contribution in [0.3, 0.4) is 0 Å². The van der Waals surface area contributed by atoms with Gasteiger partial charge < -0.3 is 45.6 Å². The second-order valence-corrected chi connectivity index (χ2v) is 13.6. The topological polar surface area (TPSA) is 189 Å². The lowest BCUT2D eigenvalue weighted by atomic mass is 9.97. The summed E-state index contributed by atoms with van der Waals surface area (Å²) in [6.07, 6.45) is 3.04. The number of hydrogen-bond acceptors (Lipinski definition) is 7. The fraction of sp³-hybridized carbons (Fsp3) is 0.514. The first-order valence-electron chi connectivity index (χ1n) is 17.1. The molecule has 3 fully saturated rings. The fourth-order valence-corrected chi connectivity index (χ4v) is 7.15. The number of carbonyl (C=O) groups excluding carboxylic acids is 5. The number of rotatable bonds is 5. The van der Waals surface area contributed by atoms with Crippen molar-refractivity contribution >= 4 is 40.4 Å². The summed E-state index contributed by atoms with van der Waals surface area (Å²) in [5, 5.41) is 21.0. The third kappa shape index (κ3) is 7.65. The zero-order valence-corrected chi connectivity index (χ0v) is 27.8. The van der Waals surface area contributed by atoms with Crippen LogP contribution in [0.4, 0.5) is 0 Å². The number of aliphatic hydroxyl groups is 1. The lowest BCUT2D eigenvalue weighted by Crippen LogP contribution is -2.60. The molecule has 14 nitrogen and oxygen atoms in total. The number of fused-ring (bicyclic) bond motifs is 4. The second-order valence-electron chi connectivity index (χ2n) is 13.6. The summed E-state index contributed by atoms with van der Waals surface area (Å²) in [7, 11) is 0. The zero-order valence-electron chi connectivity index (χ0n) is 27.8. The molecule has 2 bridgehead atoms. The van der Waals surface area contributed by atoms with Gasteiger partial charge in [0.05, 0.1) is 12.6 Å². The number of ether oxygens (including phenoxy) is 1. The Kier molecular flexibility index (Phi) is 10.3. The molecule has 0 unspecified atom stereocenters. The van der Waals surface area contributed by atoms with E-state index in [1.165, 1.54) is 9.80 Å². The van der Waals surface area contributed by atoms with Crippen LogP contribution in [0.2, 0.25) is 0 Å². The average Bonchev–Trinajstić information content (AvgIpc) is 3.86. The van der Waals surface area contributed by atoms with Gasteiger partial charge in [-0.05, 0) is 55.4 Å². The molecule has 0 spiro atoms. The summed E-state index contributed by atoms with van der Waals surface area (Å²) in [4.78, 5) is 78.2. The molecule has 262 valence electrons. The van der Waals surface area contributed by atoms with Crippen molar-refractivity contribution in [1.29, 1.82) is 0 Å². The van der Waals surface area contributed by atoms with Crippen LogP contribution in [0, 0.1) is 5.92 Å². The van der Waals surface area contributed by atoms with E-state index in [0.29, 0.717) is 32.2 Å². The highest BCUT2D eigenvalue weighted by atomic mass is 16.5. The molecule has 49 heavy (non-hydrogen) atoms. The maximum Gasteiger partial charge on any atom is 0.270 e. The predicted molar refractivity (Wildman–Crippen MR) is 179 cm³/mol. The number of H-pyrrole nitrogens is 2. The van der Waals surface area contributed by atoms with Crippen LogP contribution in [0.5, 0.6) is 0 Å². The molecular weight excluding hydrogens is 630 g/mol. The molecule has 3 aliphatic rings. The van der Waals surface area contributed by atoms with Gasteiger partial charge in [-0.2, -0.15) is 0 Å². The summed E-state index contributed by atoms with van der Waals surface area (Å²) in [5.74, 6) is -2.34. The van der Waals surface area contributed by atoms with Gasteiger partial charge in [0.2, 0.25) is 23.6 Å². The first-order chi connectivity index (χ1) is 23.6. The first kappa shape index (κ1) is 34.2. The number of aromatic amines is 2. The third-order valence-corrected chi connectivity index (χ3v) is 9.64. The molecule has 14 heteroatoms. The number of aromatic nitrogens is 2. The van der Waals surface area contributed by atoms with E-state index in [9.17, 15) is 29.1 Å². The number of carbonyl (C=O) groups is 5. The number of nitrogens with zero attached hydrogens (tertiary/aromatic N) is 2. The van der Waals surface area contributed by atoms with E-state index < -0.39 is 72.5 Å². The lowest BCUT2D eigenvalue weighted by Gasteiger charge is -2.38. The Balaban J connectivity index is 1.36. The van der Waals surface area contributed by atoms with Gasteiger partial charge >= 0.3 is 0 Å². The van der Waals surface area contributed by atoms with Crippen molar-refractivity contribution in [3.63, 3.8) is 0 Å². The Hall–Kier alpha value is -4.69. The van der Waals surface area contributed by atoms with Crippen molar-refractivity contribution in [2.45, 2.75) is 82.3 Å². The van der Waals surface area contributed by atoms with Crippen LogP contribution in [0.15, 0.2) is 48.8 Å². The van der Waals surface area contributed by atoms with Crippen LogP contribution in [0.25, 0.3) is 10.9 Å². The predicted octanol–water partition coefficient (Wildman–Crippen LogP) is 0.836. The van der Waals surface area contributed by atoms with Gasteiger partial charge in [-0.25, -0.2) is 0 Å². The first-order valence-corrected chi connectivity index (χ1v) is 17.1. The summed E-state index contributed by atoms with van der Waals surface area (Å²) in [6, 6.07) is 7.37. The number of aliphatic hydroxyl groups excluding tert-OH is 1. The van der Waals surface area contributed by atoms with E-state index in [1.54, 1.807) is 24.5 Å². The summed E-state index contributed by atoms with van der Waals surface area (Å²) >= 11 is 0. The Labute approximate surface area is 284 Å². The Morgan fingerprint density at radius 3 is 2.57 bits per heavy atom. The number of hydrogen-bond donors (Lipinski definition) is 6. The normalized spacial score (nSPS) is 27.4. The van der Waals surface area contributed by atoms with Crippen LogP contribution in [0.1, 0.15) is 55.6 Å². The molecule has 5 heterocycles. The van der Waals surface area contributed by atoms with Gasteiger partial charge in [-0.3, -0.25) is 24.0 Å². The van der Waals surface area contributed by atoms with Crippen LogP contribution in [-0.2, 0) is 30.3 Å². The minimum Gasteiger partial charge on any atom is -0.388 e. The molecule has 6 rings (SSSR count). The van der Waals surface area contributed by atoms with E-state index in [2.05, 4.69) is 25.9 Å². The third-order valence-electron chi connectivity index (χ3n) is 9.64. The van der Waals surface area contributed by atoms with E-state index in [0.717, 1.165) is 16.5 Å². The van der Waals surface area contributed by atoms with Gasteiger partial charge in [0, 0.05) is 42.9 Å². The van der Waals surface area contributed by atoms with E-state index in [4.69, 9.17) is 4.74 Å².